The van der Waals surface area contributed by atoms with E-state index in [1.165, 1.54) is 17.8 Å². The van der Waals surface area contributed by atoms with Gasteiger partial charge in [0.1, 0.15) is 11.4 Å². The van der Waals surface area contributed by atoms with Crippen molar-refractivity contribution < 1.29 is 9.13 Å². The lowest BCUT2D eigenvalue weighted by molar-refractivity contribution is 0.107. The van der Waals surface area contributed by atoms with Crippen LogP contribution < -0.4 is 5.73 Å². The van der Waals surface area contributed by atoms with Crippen LogP contribution in [-0.2, 0) is 10.3 Å². The van der Waals surface area contributed by atoms with Crippen LogP contribution in [0.5, 0.6) is 0 Å². The third kappa shape index (κ3) is 1.65. The second-order valence-corrected chi connectivity index (χ2v) is 5.83. The summed E-state index contributed by atoms with van der Waals surface area (Å²) in [7, 11) is 0. The quantitative estimate of drug-likeness (QED) is 0.847. The smallest absolute Gasteiger partial charge is 0.154 e. The summed E-state index contributed by atoms with van der Waals surface area (Å²) in [5.41, 5.74) is 5.80. The number of benzene rings is 1. The van der Waals surface area contributed by atoms with E-state index in [0.29, 0.717) is 17.3 Å². The van der Waals surface area contributed by atoms with Crippen molar-refractivity contribution in [3.63, 3.8) is 0 Å². The number of thioether (sulfide) groups is 1. The molecule has 2 aliphatic heterocycles. The molecule has 2 heterocycles. The first-order valence-electron chi connectivity index (χ1n) is 5.98. The van der Waals surface area contributed by atoms with E-state index in [-0.39, 0.29) is 17.8 Å². The fraction of sp³-hybridized carbons (Fsp3) is 0.462. The van der Waals surface area contributed by atoms with Crippen molar-refractivity contribution >= 4 is 16.9 Å². The lowest BCUT2D eigenvalue weighted by atomic mass is 9.79. The Kier molecular flexibility index (Phi) is 2.83. The SMILES string of the molecule is CC1OC[C@]2(c3ccccc3F)N=C(N)SC[C@H]12. The lowest BCUT2D eigenvalue weighted by Crippen LogP contribution is -2.41. The van der Waals surface area contributed by atoms with Crippen LogP contribution in [0.15, 0.2) is 29.3 Å². The number of aliphatic imine (C=N–C) groups is 1. The van der Waals surface area contributed by atoms with Crippen molar-refractivity contribution in [1.29, 1.82) is 0 Å². The van der Waals surface area contributed by atoms with Crippen LogP contribution in [0.2, 0.25) is 0 Å². The molecule has 2 aliphatic rings. The molecule has 0 spiro atoms. The molecule has 0 aromatic heterocycles. The van der Waals surface area contributed by atoms with Gasteiger partial charge in [-0.1, -0.05) is 30.0 Å². The van der Waals surface area contributed by atoms with E-state index >= 15 is 0 Å². The van der Waals surface area contributed by atoms with Gasteiger partial charge in [-0.05, 0) is 13.0 Å². The molecular formula is C13H15FN2OS. The van der Waals surface area contributed by atoms with Crippen LogP contribution in [0.1, 0.15) is 12.5 Å². The highest BCUT2D eigenvalue weighted by Gasteiger charge is 2.52. The highest BCUT2D eigenvalue weighted by atomic mass is 32.2. The van der Waals surface area contributed by atoms with Gasteiger partial charge in [-0.3, -0.25) is 0 Å². The summed E-state index contributed by atoms with van der Waals surface area (Å²) in [4.78, 5) is 4.55. The van der Waals surface area contributed by atoms with Gasteiger partial charge in [0.15, 0.2) is 5.17 Å². The minimum absolute atomic E-state index is 0.0777. The summed E-state index contributed by atoms with van der Waals surface area (Å²) in [6, 6.07) is 6.78. The molecule has 3 nitrogen and oxygen atoms in total. The van der Waals surface area contributed by atoms with Gasteiger partial charge in [-0.25, -0.2) is 9.38 Å². The Morgan fingerprint density at radius 2 is 2.28 bits per heavy atom. The molecule has 2 N–H and O–H groups in total. The van der Waals surface area contributed by atoms with E-state index in [1.807, 2.05) is 13.0 Å². The zero-order chi connectivity index (χ0) is 12.8. The maximum atomic E-state index is 14.1. The molecular weight excluding hydrogens is 251 g/mol. The molecule has 0 saturated carbocycles. The fourth-order valence-corrected chi connectivity index (χ4v) is 3.94. The van der Waals surface area contributed by atoms with Crippen LogP contribution in [0.4, 0.5) is 4.39 Å². The van der Waals surface area contributed by atoms with Crippen molar-refractivity contribution in [2.45, 2.75) is 18.6 Å². The Balaban J connectivity index is 2.16. The summed E-state index contributed by atoms with van der Waals surface area (Å²) in [5, 5.41) is 0.521. The van der Waals surface area contributed by atoms with Gasteiger partial charge in [0, 0.05) is 17.2 Å². The number of rotatable bonds is 1. The van der Waals surface area contributed by atoms with E-state index < -0.39 is 5.54 Å². The van der Waals surface area contributed by atoms with Crippen LogP contribution in [-0.4, -0.2) is 23.6 Å². The molecule has 0 amide bonds. The Labute approximate surface area is 110 Å². The Hall–Kier alpha value is -1.07. The van der Waals surface area contributed by atoms with Crippen LogP contribution in [0.25, 0.3) is 0 Å². The molecule has 1 fully saturated rings. The number of fused-ring (bicyclic) bond motifs is 1. The maximum Gasteiger partial charge on any atom is 0.154 e. The van der Waals surface area contributed by atoms with Gasteiger partial charge in [0.25, 0.3) is 0 Å². The van der Waals surface area contributed by atoms with Gasteiger partial charge in [0.05, 0.1) is 12.7 Å². The lowest BCUT2D eigenvalue weighted by Gasteiger charge is -2.35. The molecule has 1 aromatic rings. The zero-order valence-corrected chi connectivity index (χ0v) is 10.9. The molecule has 5 heteroatoms. The molecule has 3 rings (SSSR count). The Morgan fingerprint density at radius 1 is 1.50 bits per heavy atom. The average molecular weight is 266 g/mol. The van der Waals surface area contributed by atoms with Crippen molar-refractivity contribution in [1.82, 2.24) is 0 Å². The fourth-order valence-electron chi connectivity index (χ4n) is 2.81. The number of hydrogen-bond acceptors (Lipinski definition) is 4. The first-order valence-corrected chi connectivity index (χ1v) is 6.97. The third-order valence-corrected chi connectivity index (χ3v) is 4.72. The third-order valence-electron chi connectivity index (χ3n) is 3.81. The molecule has 1 unspecified atom stereocenters. The minimum Gasteiger partial charge on any atom is -0.379 e. The van der Waals surface area contributed by atoms with Crippen LogP contribution in [0, 0.1) is 11.7 Å². The summed E-state index contributed by atoms with van der Waals surface area (Å²) in [6.45, 7) is 2.42. The monoisotopic (exact) mass is 266 g/mol. The summed E-state index contributed by atoms with van der Waals surface area (Å²) < 4.78 is 19.8. The Morgan fingerprint density at radius 3 is 3.06 bits per heavy atom. The summed E-state index contributed by atoms with van der Waals surface area (Å²) in [6.07, 6.45) is 0.0777. The molecule has 0 aliphatic carbocycles. The number of amidine groups is 1. The van der Waals surface area contributed by atoms with Gasteiger partial charge in [-0.2, -0.15) is 0 Å². The molecule has 1 saturated heterocycles. The first kappa shape index (κ1) is 12.0. The van der Waals surface area contributed by atoms with Crippen molar-refractivity contribution in [2.75, 3.05) is 12.4 Å². The maximum absolute atomic E-state index is 14.1. The molecule has 0 bridgehead atoms. The highest BCUT2D eigenvalue weighted by molar-refractivity contribution is 8.13. The van der Waals surface area contributed by atoms with Gasteiger partial charge < -0.3 is 10.5 Å². The average Bonchev–Trinajstić information content (AvgIpc) is 2.68. The van der Waals surface area contributed by atoms with Crippen LogP contribution >= 0.6 is 11.8 Å². The second-order valence-electron chi connectivity index (χ2n) is 4.79. The van der Waals surface area contributed by atoms with Gasteiger partial charge >= 0.3 is 0 Å². The predicted octanol–water partition coefficient (Wildman–Crippen LogP) is 2.12. The molecule has 3 atom stereocenters. The standard InChI is InChI=1S/C13H15FN2OS/c1-8-10-6-18-12(15)16-13(10,7-17-8)9-4-2-3-5-11(9)14/h2-5,8,10H,6-7H2,1H3,(H2,15,16)/t8?,10-,13-/m1/s1. The molecule has 0 radical (unpaired) electrons. The number of hydrogen-bond donors (Lipinski definition) is 1. The normalized spacial score (nSPS) is 35.1. The van der Waals surface area contributed by atoms with Gasteiger partial charge in [-0.15, -0.1) is 0 Å². The molecule has 18 heavy (non-hydrogen) atoms. The van der Waals surface area contributed by atoms with E-state index in [2.05, 4.69) is 4.99 Å². The van der Waals surface area contributed by atoms with E-state index in [0.717, 1.165) is 5.75 Å². The summed E-state index contributed by atoms with van der Waals surface area (Å²) >= 11 is 1.52. The molecule has 1 aromatic carbocycles. The highest BCUT2D eigenvalue weighted by Crippen LogP contribution is 2.47. The topological polar surface area (TPSA) is 47.6 Å². The number of nitrogens with two attached hydrogens (primary N) is 1. The predicted molar refractivity (Wildman–Crippen MR) is 71.1 cm³/mol. The number of nitrogens with zero attached hydrogens (tertiary/aromatic N) is 1. The number of ether oxygens (including phenoxy) is 1. The first-order chi connectivity index (χ1) is 8.63. The van der Waals surface area contributed by atoms with Crippen molar-refractivity contribution in [3.8, 4) is 0 Å². The van der Waals surface area contributed by atoms with E-state index in [1.54, 1.807) is 12.1 Å². The summed E-state index contributed by atoms with van der Waals surface area (Å²) in [5.74, 6) is 0.764. The second kappa shape index (κ2) is 4.24. The van der Waals surface area contributed by atoms with E-state index in [9.17, 15) is 4.39 Å². The largest absolute Gasteiger partial charge is 0.379 e. The molecule has 96 valence electrons. The number of halogens is 1. The van der Waals surface area contributed by atoms with Crippen molar-refractivity contribution in [3.05, 3.63) is 35.6 Å². The van der Waals surface area contributed by atoms with Crippen LogP contribution in [0.3, 0.4) is 0 Å². The van der Waals surface area contributed by atoms with Crippen molar-refractivity contribution in [2.24, 2.45) is 16.6 Å². The zero-order valence-electron chi connectivity index (χ0n) is 10.1. The van der Waals surface area contributed by atoms with E-state index in [4.69, 9.17) is 10.5 Å². The minimum atomic E-state index is -0.639. The van der Waals surface area contributed by atoms with Gasteiger partial charge in [0.2, 0.25) is 0 Å². The Bertz CT molecular complexity index is 508.